The lowest BCUT2D eigenvalue weighted by Gasteiger charge is -2.32. The van der Waals surface area contributed by atoms with E-state index in [0.717, 1.165) is 0 Å². The summed E-state index contributed by atoms with van der Waals surface area (Å²) in [4.78, 5) is 78.6. The number of aromatic hydroxyl groups is 4. The molecule has 4 aromatic rings. The molecule has 0 aromatic heterocycles. The first-order valence-corrected chi connectivity index (χ1v) is 18.4. The monoisotopic (exact) mass is 814 g/mol. The van der Waals surface area contributed by atoms with Crippen LogP contribution in [0.25, 0.3) is 0 Å². The van der Waals surface area contributed by atoms with Gasteiger partial charge in [0.2, 0.25) is 0 Å². The number of aromatic carboxylic acids is 2. The Balaban J connectivity index is 1.72. The second kappa shape index (κ2) is 15.8. The Morgan fingerprint density at radius 1 is 0.550 bits per heavy atom. The standard InChI is InChI=1S/C44H38N4O12/c1-17(2)27-33-31(25(15-49)37(51)41(27)55)39(53)29(19(5)35(33)47-45-23-11-7-21(8-12-23)43(57)58)30-20(6)36(48-46-24-13-9-22(10-14-24)44(59)60)34-28(18(3)4)42(56)38(52)26(16-50)32(34)40(30)54/h7-18,45-46,51-52,55-56H,1-6H3,(H,57,58)(H,59,60)/b47-35+,48-36+. The highest BCUT2D eigenvalue weighted by atomic mass is 16.4. The first kappa shape index (κ1) is 41.7. The Bertz CT molecular complexity index is 2530. The highest BCUT2D eigenvalue weighted by molar-refractivity contribution is 6.40. The van der Waals surface area contributed by atoms with Gasteiger partial charge < -0.3 is 30.6 Å². The Hall–Kier alpha value is -7.88. The SMILES string of the molecule is CC1=C(C2=C(C)/C(=N\Nc3ccc(C(=O)O)cc3)c3c(c(C=O)c(O)c(O)c3C(C)C)C2=O)C(=O)c2c(C=O)c(O)c(O)c(C(C)C)c2/C1=N/Nc1ccc(C(=O)O)cc1. The van der Waals surface area contributed by atoms with Crippen molar-refractivity contribution in [2.24, 2.45) is 10.2 Å². The number of carboxylic acid groups (broad SMARTS) is 2. The molecule has 0 bridgehead atoms. The minimum absolute atomic E-state index is 0.0179. The van der Waals surface area contributed by atoms with Crippen molar-refractivity contribution >= 4 is 58.9 Å². The van der Waals surface area contributed by atoms with Crippen molar-refractivity contribution in [3.63, 3.8) is 0 Å². The molecule has 6 rings (SSSR count). The molecule has 0 saturated heterocycles. The van der Waals surface area contributed by atoms with E-state index in [4.69, 9.17) is 0 Å². The number of carbonyl (C=O) groups excluding carboxylic acids is 4. The first-order valence-electron chi connectivity index (χ1n) is 18.4. The van der Waals surface area contributed by atoms with E-state index in [1.807, 2.05) is 0 Å². The fraction of sp³-hybridized carbons (Fsp3) is 0.182. The fourth-order valence-electron chi connectivity index (χ4n) is 7.54. The summed E-state index contributed by atoms with van der Waals surface area (Å²) in [5.74, 6) is -8.59. The highest BCUT2D eigenvalue weighted by Crippen LogP contribution is 2.50. The van der Waals surface area contributed by atoms with Crippen LogP contribution in [0.1, 0.15) is 138 Å². The van der Waals surface area contributed by atoms with E-state index in [2.05, 4.69) is 21.1 Å². The van der Waals surface area contributed by atoms with Crippen LogP contribution in [-0.2, 0) is 0 Å². The van der Waals surface area contributed by atoms with Crippen molar-refractivity contribution in [2.45, 2.75) is 53.4 Å². The number of hydrogen-bond donors (Lipinski definition) is 8. The zero-order chi connectivity index (χ0) is 44.1. The molecule has 0 atom stereocenters. The molecule has 0 unspecified atom stereocenters. The smallest absolute Gasteiger partial charge is 0.335 e. The highest BCUT2D eigenvalue weighted by Gasteiger charge is 2.44. The number of aldehydes is 2. The Morgan fingerprint density at radius 3 is 1.13 bits per heavy atom. The molecule has 8 N–H and O–H groups in total. The molecule has 16 nitrogen and oxygen atoms in total. The van der Waals surface area contributed by atoms with E-state index >= 15 is 9.59 Å². The zero-order valence-electron chi connectivity index (χ0n) is 33.0. The number of hydrazone groups is 2. The lowest BCUT2D eigenvalue weighted by molar-refractivity contribution is 0.0686. The Labute approximate surface area is 341 Å². The number of benzene rings is 4. The molecular formula is C44H38N4O12. The van der Waals surface area contributed by atoms with Gasteiger partial charge in [-0.15, -0.1) is 0 Å². The van der Waals surface area contributed by atoms with Crippen molar-refractivity contribution in [1.29, 1.82) is 0 Å². The van der Waals surface area contributed by atoms with E-state index in [0.29, 0.717) is 0 Å². The minimum atomic E-state index is -1.17. The van der Waals surface area contributed by atoms with Crippen LogP contribution < -0.4 is 10.9 Å². The summed E-state index contributed by atoms with van der Waals surface area (Å²) in [7, 11) is 0. The van der Waals surface area contributed by atoms with Crippen LogP contribution in [0.15, 0.2) is 81.0 Å². The van der Waals surface area contributed by atoms with E-state index in [1.165, 1.54) is 62.4 Å². The molecule has 0 radical (unpaired) electrons. The maximum atomic E-state index is 15.1. The number of nitrogens with zero attached hydrogens (tertiary/aromatic N) is 2. The summed E-state index contributed by atoms with van der Waals surface area (Å²) >= 11 is 0. The third kappa shape index (κ3) is 6.72. The molecular weight excluding hydrogens is 776 g/mol. The number of rotatable bonds is 11. The number of phenols is 4. The number of nitrogens with one attached hydrogen (secondary N) is 2. The van der Waals surface area contributed by atoms with Gasteiger partial charge in [-0.3, -0.25) is 30.0 Å². The lowest BCUT2D eigenvalue weighted by atomic mass is 9.70. The molecule has 0 spiro atoms. The molecule has 306 valence electrons. The second-order valence-electron chi connectivity index (χ2n) is 14.7. The lowest BCUT2D eigenvalue weighted by Crippen LogP contribution is -2.33. The molecule has 16 heteroatoms. The maximum absolute atomic E-state index is 15.1. The van der Waals surface area contributed by atoms with E-state index in [9.17, 15) is 49.8 Å². The van der Waals surface area contributed by atoms with E-state index < -0.39 is 80.6 Å². The number of allylic oxidation sites excluding steroid dienone is 4. The summed E-state index contributed by atoms with van der Waals surface area (Å²) in [6.07, 6.45) is 0.353. The predicted octanol–water partition coefficient (Wildman–Crippen LogP) is 7.14. The minimum Gasteiger partial charge on any atom is -0.504 e. The van der Waals surface area contributed by atoms with Crippen LogP contribution in [-0.4, -0.2) is 78.1 Å². The number of hydrogen-bond acceptors (Lipinski definition) is 14. The molecule has 4 aromatic carbocycles. The zero-order valence-corrected chi connectivity index (χ0v) is 33.0. The molecule has 0 fully saturated rings. The number of phenolic OH excluding ortho intramolecular Hbond substituents is 4. The summed E-state index contributed by atoms with van der Waals surface area (Å²) in [5, 5.41) is 72.7. The average molecular weight is 815 g/mol. The van der Waals surface area contributed by atoms with Crippen LogP contribution in [0.4, 0.5) is 11.4 Å². The molecule has 2 aliphatic carbocycles. The summed E-state index contributed by atoms with van der Waals surface area (Å²) in [6, 6.07) is 11.0. The molecule has 0 amide bonds. The second-order valence-corrected chi connectivity index (χ2v) is 14.7. The van der Waals surface area contributed by atoms with E-state index in [1.54, 1.807) is 27.7 Å². The normalized spacial score (nSPS) is 15.1. The molecule has 0 saturated carbocycles. The van der Waals surface area contributed by atoms with Gasteiger partial charge in [0, 0.05) is 44.5 Å². The van der Waals surface area contributed by atoms with Crippen LogP contribution >= 0.6 is 0 Å². The summed E-state index contributed by atoms with van der Waals surface area (Å²) < 4.78 is 0. The molecule has 0 heterocycles. The van der Waals surface area contributed by atoms with Gasteiger partial charge in [0.15, 0.2) is 47.1 Å². The number of Topliss-reactive ketones (excluding diaryl/α,β-unsaturated/α-hetero) is 2. The Morgan fingerprint density at radius 2 is 0.867 bits per heavy atom. The first-order chi connectivity index (χ1) is 28.4. The summed E-state index contributed by atoms with van der Waals surface area (Å²) in [5.41, 5.74) is 3.33. The summed E-state index contributed by atoms with van der Waals surface area (Å²) in [6.45, 7) is 9.57. The van der Waals surface area contributed by atoms with Gasteiger partial charge in [-0.05, 0) is 85.4 Å². The van der Waals surface area contributed by atoms with Crippen molar-refractivity contribution in [3.05, 3.63) is 126 Å². The van der Waals surface area contributed by atoms with Crippen LogP contribution in [0.2, 0.25) is 0 Å². The quantitative estimate of drug-likeness (QED) is 0.0425. The van der Waals surface area contributed by atoms with Gasteiger partial charge in [0.1, 0.15) is 0 Å². The van der Waals surface area contributed by atoms with Crippen LogP contribution in [0, 0.1) is 0 Å². The predicted molar refractivity (Wildman–Crippen MR) is 220 cm³/mol. The van der Waals surface area contributed by atoms with Crippen LogP contribution in [0.5, 0.6) is 23.0 Å². The fourth-order valence-corrected chi connectivity index (χ4v) is 7.54. The molecule has 2 aliphatic rings. The van der Waals surface area contributed by atoms with Gasteiger partial charge in [-0.1, -0.05) is 27.7 Å². The topological polar surface area (TPSA) is 273 Å². The van der Waals surface area contributed by atoms with Gasteiger partial charge in [-0.25, -0.2) is 9.59 Å². The average Bonchev–Trinajstić information content (AvgIpc) is 3.20. The third-order valence-corrected chi connectivity index (χ3v) is 10.4. The van der Waals surface area contributed by atoms with Crippen LogP contribution in [0.3, 0.4) is 0 Å². The number of fused-ring (bicyclic) bond motifs is 2. The Kier molecular flexibility index (Phi) is 11.0. The largest absolute Gasteiger partial charge is 0.504 e. The number of carbonyl (C=O) groups is 6. The number of ketones is 2. The van der Waals surface area contributed by atoms with Crippen molar-refractivity contribution < 1.29 is 59.4 Å². The molecule has 0 aliphatic heterocycles. The maximum Gasteiger partial charge on any atom is 0.335 e. The van der Waals surface area contributed by atoms with Crippen molar-refractivity contribution in [1.82, 2.24) is 0 Å². The van der Waals surface area contributed by atoms with Crippen molar-refractivity contribution in [3.8, 4) is 23.0 Å². The number of carboxylic acids is 2. The van der Waals surface area contributed by atoms with Gasteiger partial charge >= 0.3 is 11.9 Å². The van der Waals surface area contributed by atoms with Crippen molar-refractivity contribution in [2.75, 3.05) is 10.9 Å². The third-order valence-electron chi connectivity index (χ3n) is 10.4. The van der Waals surface area contributed by atoms with E-state index in [-0.39, 0.29) is 91.0 Å². The van der Waals surface area contributed by atoms with Gasteiger partial charge in [0.05, 0.1) is 45.1 Å². The molecule has 60 heavy (non-hydrogen) atoms. The van der Waals surface area contributed by atoms with Gasteiger partial charge in [-0.2, -0.15) is 10.2 Å². The number of anilines is 2. The van der Waals surface area contributed by atoms with Gasteiger partial charge in [0.25, 0.3) is 0 Å².